The zero-order chi connectivity index (χ0) is 13.4. The minimum Gasteiger partial charge on any atom is -0.353 e. The molecule has 4 nitrogen and oxygen atoms in total. The van der Waals surface area contributed by atoms with Gasteiger partial charge in [0.1, 0.15) is 0 Å². The fourth-order valence-electron chi connectivity index (χ4n) is 2.90. The lowest BCUT2D eigenvalue weighted by Gasteiger charge is -2.41. The highest BCUT2D eigenvalue weighted by Crippen LogP contribution is 2.28. The van der Waals surface area contributed by atoms with Crippen LogP contribution in [0.1, 0.15) is 29.6 Å². The maximum Gasteiger partial charge on any atom is 0.254 e. The van der Waals surface area contributed by atoms with Gasteiger partial charge in [0.2, 0.25) is 5.91 Å². The molecule has 6 heteroatoms. The quantitative estimate of drug-likeness (QED) is 0.850. The first kappa shape index (κ1) is 13.1. The van der Waals surface area contributed by atoms with Crippen molar-refractivity contribution in [3.8, 4) is 0 Å². The van der Waals surface area contributed by atoms with Gasteiger partial charge < -0.3 is 10.2 Å². The van der Waals surface area contributed by atoms with E-state index in [0.717, 1.165) is 35.3 Å². The Bertz CT molecular complexity index is 516. The number of carbonyl (C=O) groups is 2. The molecule has 1 aromatic heterocycles. The number of nitrogens with one attached hydrogen (secondary N) is 1. The van der Waals surface area contributed by atoms with Crippen LogP contribution in [0.5, 0.6) is 0 Å². The molecule has 0 bridgehead atoms. The third-order valence-electron chi connectivity index (χ3n) is 3.92. The Morgan fingerprint density at radius 2 is 2.32 bits per heavy atom. The first-order valence-corrected chi connectivity index (χ1v) is 8.13. The largest absolute Gasteiger partial charge is 0.353 e. The molecular weight excluding hydrogens is 328 g/mol. The molecule has 2 aliphatic rings. The van der Waals surface area contributed by atoms with Crippen molar-refractivity contribution in [3.63, 3.8) is 0 Å². The van der Waals surface area contributed by atoms with Gasteiger partial charge in [0.05, 0.1) is 9.35 Å². The summed E-state index contributed by atoms with van der Waals surface area (Å²) < 4.78 is 0.982. The van der Waals surface area contributed by atoms with Crippen LogP contribution in [0.3, 0.4) is 0 Å². The van der Waals surface area contributed by atoms with Gasteiger partial charge in [0, 0.05) is 30.9 Å². The van der Waals surface area contributed by atoms with Gasteiger partial charge >= 0.3 is 0 Å². The Balaban J connectivity index is 1.68. The predicted molar refractivity (Wildman–Crippen MR) is 77.2 cm³/mol. The van der Waals surface area contributed by atoms with Gasteiger partial charge in [-0.1, -0.05) is 0 Å². The van der Waals surface area contributed by atoms with Crippen LogP contribution in [-0.4, -0.2) is 35.8 Å². The van der Waals surface area contributed by atoms with Gasteiger partial charge in [-0.25, -0.2) is 0 Å². The van der Waals surface area contributed by atoms with Crippen molar-refractivity contribution in [2.45, 2.75) is 25.3 Å². The number of hydrogen-bond donors (Lipinski definition) is 1. The molecule has 2 saturated heterocycles. The van der Waals surface area contributed by atoms with E-state index in [2.05, 4.69) is 21.2 Å². The lowest BCUT2D eigenvalue weighted by molar-refractivity contribution is -0.125. The van der Waals surface area contributed by atoms with E-state index in [4.69, 9.17) is 0 Å². The van der Waals surface area contributed by atoms with Crippen LogP contribution in [0.2, 0.25) is 0 Å². The molecule has 2 aliphatic heterocycles. The van der Waals surface area contributed by atoms with E-state index in [1.807, 2.05) is 16.3 Å². The molecule has 3 rings (SSSR count). The molecule has 1 aromatic rings. The van der Waals surface area contributed by atoms with Crippen LogP contribution in [-0.2, 0) is 4.79 Å². The van der Waals surface area contributed by atoms with Crippen LogP contribution in [0.15, 0.2) is 15.2 Å². The second-order valence-corrected chi connectivity index (χ2v) is 7.44. The number of nitrogens with zero attached hydrogens (tertiary/aromatic N) is 1. The summed E-state index contributed by atoms with van der Waals surface area (Å²) in [4.78, 5) is 25.7. The molecule has 0 saturated carbocycles. The number of rotatable bonds is 1. The number of fused-ring (bicyclic) bond motifs is 1. The van der Waals surface area contributed by atoms with Crippen molar-refractivity contribution < 1.29 is 9.59 Å². The van der Waals surface area contributed by atoms with Crippen LogP contribution in [0.25, 0.3) is 0 Å². The van der Waals surface area contributed by atoms with Gasteiger partial charge in [-0.05, 0) is 40.8 Å². The summed E-state index contributed by atoms with van der Waals surface area (Å²) in [7, 11) is 0. The van der Waals surface area contributed by atoms with Crippen molar-refractivity contribution >= 4 is 39.1 Å². The third kappa shape index (κ3) is 2.69. The highest BCUT2D eigenvalue weighted by molar-refractivity contribution is 9.11. The fraction of sp³-hybridized carbons (Fsp3) is 0.538. The Hall–Kier alpha value is -0.880. The minimum atomic E-state index is 0.109. The number of piperidine rings is 2. The molecule has 3 heterocycles. The summed E-state index contributed by atoms with van der Waals surface area (Å²) in [6.45, 7) is 1.49. The van der Waals surface area contributed by atoms with Crippen molar-refractivity contribution in [3.05, 3.63) is 20.8 Å². The van der Waals surface area contributed by atoms with E-state index in [1.54, 1.807) is 0 Å². The van der Waals surface area contributed by atoms with Gasteiger partial charge in [0.25, 0.3) is 5.91 Å². The SMILES string of the molecule is O=C1CCC2CN(C(=O)c3csc(Br)c3)CCC2N1. The van der Waals surface area contributed by atoms with Crippen LogP contribution < -0.4 is 5.32 Å². The van der Waals surface area contributed by atoms with Crippen molar-refractivity contribution in [1.29, 1.82) is 0 Å². The zero-order valence-corrected chi connectivity index (χ0v) is 12.8. The van der Waals surface area contributed by atoms with E-state index < -0.39 is 0 Å². The molecule has 2 fully saturated rings. The number of likely N-dealkylation sites (tertiary alicyclic amines) is 1. The fourth-order valence-corrected chi connectivity index (χ4v) is 4.03. The molecule has 1 N–H and O–H groups in total. The van der Waals surface area contributed by atoms with E-state index in [9.17, 15) is 9.59 Å². The molecule has 0 aliphatic carbocycles. The van der Waals surface area contributed by atoms with Crippen LogP contribution >= 0.6 is 27.3 Å². The van der Waals surface area contributed by atoms with Gasteiger partial charge in [-0.2, -0.15) is 0 Å². The lowest BCUT2D eigenvalue weighted by Crippen LogP contribution is -2.55. The van der Waals surface area contributed by atoms with Crippen LogP contribution in [0, 0.1) is 5.92 Å². The second kappa shape index (κ2) is 5.25. The summed E-state index contributed by atoms with van der Waals surface area (Å²) in [5, 5.41) is 4.93. The summed E-state index contributed by atoms with van der Waals surface area (Å²) in [6, 6.07) is 2.14. The average Bonchev–Trinajstić information content (AvgIpc) is 2.84. The molecule has 0 aromatic carbocycles. The predicted octanol–water partition coefficient (Wildman–Crippen LogP) is 2.25. The number of hydrogen-bond acceptors (Lipinski definition) is 3. The average molecular weight is 343 g/mol. The Morgan fingerprint density at radius 3 is 3.05 bits per heavy atom. The van der Waals surface area contributed by atoms with Gasteiger partial charge in [-0.15, -0.1) is 11.3 Å². The molecule has 2 unspecified atom stereocenters. The lowest BCUT2D eigenvalue weighted by atomic mass is 9.85. The summed E-state index contributed by atoms with van der Waals surface area (Å²) in [6.07, 6.45) is 2.36. The Kier molecular flexibility index (Phi) is 3.62. The highest BCUT2D eigenvalue weighted by atomic mass is 79.9. The standard InChI is InChI=1S/C13H15BrN2O2S/c14-11-5-9(7-19-11)13(18)16-4-3-10-8(6-16)1-2-12(17)15-10/h5,7-8,10H,1-4,6H2,(H,15,17). The van der Waals surface area contributed by atoms with E-state index >= 15 is 0 Å². The smallest absolute Gasteiger partial charge is 0.254 e. The van der Waals surface area contributed by atoms with Gasteiger partial charge in [-0.3, -0.25) is 9.59 Å². The molecular formula is C13H15BrN2O2S. The van der Waals surface area contributed by atoms with Crippen molar-refractivity contribution in [1.82, 2.24) is 10.2 Å². The minimum absolute atomic E-state index is 0.109. The molecule has 2 atom stereocenters. The van der Waals surface area contributed by atoms with Crippen LogP contribution in [0.4, 0.5) is 0 Å². The zero-order valence-electron chi connectivity index (χ0n) is 10.4. The number of amides is 2. The van der Waals surface area contributed by atoms with Gasteiger partial charge in [0.15, 0.2) is 0 Å². The maximum atomic E-state index is 12.4. The second-order valence-electron chi connectivity index (χ2n) is 5.15. The molecule has 2 amide bonds. The number of thiophene rings is 1. The molecule has 0 spiro atoms. The monoisotopic (exact) mass is 342 g/mol. The third-order valence-corrected chi connectivity index (χ3v) is 5.43. The van der Waals surface area contributed by atoms with E-state index in [0.29, 0.717) is 12.3 Å². The number of halogens is 1. The first-order valence-electron chi connectivity index (χ1n) is 6.46. The summed E-state index contributed by atoms with van der Waals surface area (Å²) >= 11 is 4.92. The Morgan fingerprint density at radius 1 is 1.47 bits per heavy atom. The summed E-state index contributed by atoms with van der Waals surface area (Å²) in [5.41, 5.74) is 0.759. The molecule has 0 radical (unpaired) electrons. The Labute approximate surface area is 124 Å². The highest BCUT2D eigenvalue weighted by Gasteiger charge is 2.35. The normalized spacial score (nSPS) is 26.8. The maximum absolute atomic E-state index is 12.4. The molecule has 102 valence electrons. The first-order chi connectivity index (χ1) is 9.13. The van der Waals surface area contributed by atoms with Crippen molar-refractivity contribution in [2.75, 3.05) is 13.1 Å². The van der Waals surface area contributed by atoms with E-state index in [-0.39, 0.29) is 17.9 Å². The van der Waals surface area contributed by atoms with Crippen molar-refractivity contribution in [2.24, 2.45) is 5.92 Å². The summed E-state index contributed by atoms with van der Waals surface area (Å²) in [5.74, 6) is 0.678. The van der Waals surface area contributed by atoms with E-state index in [1.165, 1.54) is 11.3 Å². The molecule has 19 heavy (non-hydrogen) atoms. The topological polar surface area (TPSA) is 49.4 Å². The number of carbonyl (C=O) groups excluding carboxylic acids is 2.